The van der Waals surface area contributed by atoms with Gasteiger partial charge in [0.2, 0.25) is 0 Å². The molecule has 1 aliphatic carbocycles. The van der Waals surface area contributed by atoms with Crippen LogP contribution in [-0.4, -0.2) is 56.2 Å². The molecule has 1 N–H and O–H groups in total. The number of fused-ring (bicyclic) bond motifs is 1. The van der Waals surface area contributed by atoms with Crippen molar-refractivity contribution in [2.45, 2.75) is 42.5 Å². The first kappa shape index (κ1) is 32.7. The smallest absolute Gasteiger partial charge is 0.478 e. The summed E-state index contributed by atoms with van der Waals surface area (Å²) < 4.78 is 75.7. The van der Waals surface area contributed by atoms with Crippen molar-refractivity contribution < 1.29 is 35.9 Å². The minimum Gasteiger partial charge on any atom is -0.478 e. The van der Waals surface area contributed by atoms with Crippen LogP contribution in [0, 0.1) is 5.92 Å². The van der Waals surface area contributed by atoms with E-state index in [4.69, 9.17) is 0 Å². The number of likely N-dealkylation sites (tertiary alicyclic amines) is 1. The summed E-state index contributed by atoms with van der Waals surface area (Å²) in [7, 11) is -5.47. The van der Waals surface area contributed by atoms with Crippen LogP contribution in [0.1, 0.15) is 57.4 Å². The summed E-state index contributed by atoms with van der Waals surface area (Å²) in [5.41, 5.74) is 0.829. The van der Waals surface area contributed by atoms with Crippen molar-refractivity contribution in [3.05, 3.63) is 100 Å². The molecule has 1 fully saturated rings. The molecule has 1 aliphatic heterocycles. The molecule has 5 nitrogen and oxygen atoms in total. The lowest BCUT2D eigenvalue weighted by molar-refractivity contribution is -0.0436. The molecule has 0 saturated carbocycles. The van der Waals surface area contributed by atoms with Gasteiger partial charge in [0.15, 0.2) is 0 Å². The van der Waals surface area contributed by atoms with Crippen LogP contribution in [-0.2, 0) is 22.7 Å². The first-order valence-electron chi connectivity index (χ1n) is 13.9. The van der Waals surface area contributed by atoms with Gasteiger partial charge in [0.05, 0.1) is 17.1 Å². The highest BCUT2D eigenvalue weighted by Gasteiger charge is 2.46. The minimum absolute atomic E-state index is 0. The Morgan fingerprint density at radius 2 is 1.58 bits per heavy atom. The van der Waals surface area contributed by atoms with Crippen LogP contribution in [0.25, 0.3) is 11.1 Å². The molecule has 43 heavy (non-hydrogen) atoms. The topological polar surface area (TPSA) is 74.7 Å². The highest BCUT2D eigenvalue weighted by Crippen LogP contribution is 2.41. The van der Waals surface area contributed by atoms with Crippen LogP contribution < -0.4 is 0 Å². The Morgan fingerprint density at radius 3 is 2.19 bits per heavy atom. The van der Waals surface area contributed by atoms with Crippen LogP contribution in [0.3, 0.4) is 0 Å². The number of aryl methyl sites for hydroxylation is 1. The molecule has 3 aromatic rings. The maximum Gasteiger partial charge on any atom is 0.501 e. The van der Waals surface area contributed by atoms with Crippen molar-refractivity contribution in [2.75, 3.05) is 26.3 Å². The van der Waals surface area contributed by atoms with E-state index >= 15 is 0 Å². The average Bonchev–Trinajstić information content (AvgIpc) is 3.13. The van der Waals surface area contributed by atoms with Gasteiger partial charge in [-0.1, -0.05) is 42.5 Å². The van der Waals surface area contributed by atoms with Gasteiger partial charge in [-0.3, -0.25) is 4.39 Å². The van der Waals surface area contributed by atoms with Crippen LogP contribution in [0.15, 0.2) is 71.6 Å². The number of rotatable bonds is 9. The van der Waals surface area contributed by atoms with Gasteiger partial charge in [0.1, 0.15) is 0 Å². The standard InChI is InChI=1S/C32H31F4NO4S.ClH/c33-15-2-16-37-19-22(20-37)17-21-5-7-24(8-6-21)30-28(4-1-3-25-18-26(31(38)39)11-14-29(25)30)23-9-12-27(13-10-23)42(40,41)32(34,35)36;/h5-14,18,22H,1-4,15-17,19-20H2,(H,38,39);1H. The molecular weight excluding hydrogens is 606 g/mol. The van der Waals surface area contributed by atoms with E-state index in [1.165, 1.54) is 12.1 Å². The summed E-state index contributed by atoms with van der Waals surface area (Å²) >= 11 is 0. The molecular formula is C32H32ClF4NO4S. The summed E-state index contributed by atoms with van der Waals surface area (Å²) in [6.45, 7) is 2.35. The number of halogens is 5. The van der Waals surface area contributed by atoms with Gasteiger partial charge in [-0.15, -0.1) is 12.4 Å². The lowest BCUT2D eigenvalue weighted by Crippen LogP contribution is -2.47. The molecule has 11 heteroatoms. The van der Waals surface area contributed by atoms with Gasteiger partial charge in [-0.25, -0.2) is 13.2 Å². The summed E-state index contributed by atoms with van der Waals surface area (Å²) in [4.78, 5) is 13.1. The number of hydrogen-bond acceptors (Lipinski definition) is 4. The number of nitrogens with zero attached hydrogens (tertiary/aromatic N) is 1. The third kappa shape index (κ3) is 6.97. The van der Waals surface area contributed by atoms with Crippen molar-refractivity contribution in [1.82, 2.24) is 4.90 Å². The summed E-state index contributed by atoms with van der Waals surface area (Å²) in [6.07, 6.45) is 3.30. The third-order valence-corrected chi connectivity index (χ3v) is 9.52. The van der Waals surface area contributed by atoms with Crippen LogP contribution in [0.4, 0.5) is 17.6 Å². The third-order valence-electron chi connectivity index (χ3n) is 8.02. The molecule has 0 atom stereocenters. The van der Waals surface area contributed by atoms with E-state index in [0.29, 0.717) is 37.2 Å². The van der Waals surface area contributed by atoms with Crippen molar-refractivity contribution >= 4 is 39.4 Å². The summed E-state index contributed by atoms with van der Waals surface area (Å²) in [6, 6.07) is 17.9. The van der Waals surface area contributed by atoms with Crippen LogP contribution in [0.2, 0.25) is 0 Å². The number of sulfone groups is 1. The van der Waals surface area contributed by atoms with E-state index < -0.39 is 26.2 Å². The van der Waals surface area contributed by atoms with Gasteiger partial charge in [-0.05, 0) is 101 Å². The Kier molecular flexibility index (Phi) is 10.0. The zero-order chi connectivity index (χ0) is 30.1. The van der Waals surface area contributed by atoms with Crippen molar-refractivity contribution in [2.24, 2.45) is 5.92 Å². The lowest BCUT2D eigenvalue weighted by atomic mass is 9.86. The quantitative estimate of drug-likeness (QED) is 0.251. The van der Waals surface area contributed by atoms with E-state index in [1.807, 2.05) is 12.1 Å². The molecule has 0 unspecified atom stereocenters. The number of alkyl halides is 4. The van der Waals surface area contributed by atoms with E-state index in [-0.39, 0.29) is 24.6 Å². The normalized spacial score (nSPS) is 16.2. The Morgan fingerprint density at radius 1 is 0.930 bits per heavy atom. The molecule has 0 spiro atoms. The monoisotopic (exact) mass is 637 g/mol. The first-order valence-corrected chi connectivity index (χ1v) is 15.4. The highest BCUT2D eigenvalue weighted by molar-refractivity contribution is 7.92. The van der Waals surface area contributed by atoms with Gasteiger partial charge in [0, 0.05) is 19.6 Å². The number of carbonyl (C=O) groups is 1. The lowest BCUT2D eigenvalue weighted by Gasteiger charge is -2.39. The maximum atomic E-state index is 13.1. The zero-order valence-electron chi connectivity index (χ0n) is 23.2. The average molecular weight is 638 g/mol. The van der Waals surface area contributed by atoms with Crippen molar-refractivity contribution in [1.29, 1.82) is 0 Å². The zero-order valence-corrected chi connectivity index (χ0v) is 24.9. The number of hydrogen-bond donors (Lipinski definition) is 1. The first-order chi connectivity index (χ1) is 20.0. The summed E-state index contributed by atoms with van der Waals surface area (Å²) in [5, 5.41) is 9.54. The van der Waals surface area contributed by atoms with Crippen LogP contribution in [0.5, 0.6) is 0 Å². The fraction of sp³-hybridized carbons (Fsp3) is 0.344. The molecule has 1 saturated heterocycles. The highest BCUT2D eigenvalue weighted by atomic mass is 35.5. The molecule has 5 rings (SSSR count). The van der Waals surface area contributed by atoms with Crippen LogP contribution >= 0.6 is 12.4 Å². The molecule has 1 heterocycles. The van der Waals surface area contributed by atoms with Crippen molar-refractivity contribution in [3.63, 3.8) is 0 Å². The Hall–Kier alpha value is -3.21. The SMILES string of the molecule is Cl.O=C(O)c1ccc2c(c1)CCCC(c1ccc(S(=O)(=O)C(F)(F)F)cc1)=C2c1ccc(CC2CN(CCCF)C2)cc1. The molecule has 0 amide bonds. The second-order valence-corrected chi connectivity index (χ2v) is 12.9. The predicted molar refractivity (Wildman–Crippen MR) is 160 cm³/mol. The number of allylic oxidation sites excluding steroid dienone is 1. The molecule has 0 bridgehead atoms. The molecule has 0 radical (unpaired) electrons. The van der Waals surface area contributed by atoms with E-state index in [0.717, 1.165) is 71.6 Å². The summed E-state index contributed by atoms with van der Waals surface area (Å²) in [5.74, 6) is -0.525. The predicted octanol–water partition coefficient (Wildman–Crippen LogP) is 7.23. The number of carboxylic acids is 1. The fourth-order valence-electron chi connectivity index (χ4n) is 5.92. The van der Waals surface area contributed by atoms with E-state index in [2.05, 4.69) is 17.0 Å². The van der Waals surface area contributed by atoms with Gasteiger partial charge in [0.25, 0.3) is 9.84 Å². The Labute approximate surface area is 254 Å². The molecule has 2 aliphatic rings. The second-order valence-electron chi connectivity index (χ2n) is 10.9. The fourth-order valence-corrected chi connectivity index (χ4v) is 6.68. The Balaban J connectivity index is 0.00000423. The van der Waals surface area contributed by atoms with Gasteiger partial charge in [-0.2, -0.15) is 13.2 Å². The van der Waals surface area contributed by atoms with Crippen molar-refractivity contribution in [3.8, 4) is 0 Å². The number of aromatic carboxylic acids is 1. The van der Waals surface area contributed by atoms with Gasteiger partial charge >= 0.3 is 11.5 Å². The van der Waals surface area contributed by atoms with E-state index in [9.17, 15) is 35.9 Å². The van der Waals surface area contributed by atoms with Gasteiger partial charge < -0.3 is 10.0 Å². The number of carboxylic acid groups (broad SMARTS) is 1. The molecule has 0 aromatic heterocycles. The Bertz CT molecular complexity index is 1600. The molecule has 230 valence electrons. The second kappa shape index (κ2) is 13.2. The minimum atomic E-state index is -5.47. The maximum absolute atomic E-state index is 13.1. The molecule has 3 aromatic carbocycles. The largest absolute Gasteiger partial charge is 0.501 e. The van der Waals surface area contributed by atoms with E-state index in [1.54, 1.807) is 18.2 Å². The number of benzene rings is 3.